The third-order valence-electron chi connectivity index (χ3n) is 4.13. The SMILES string of the molecule is C[C@@]1(c2ccc(OC(F)F)cc2)NC(=O)N(CC(=O)c2ccc[nH]2)C1=O. The number of aromatic amines is 1. The summed E-state index contributed by atoms with van der Waals surface area (Å²) < 4.78 is 28.7. The summed E-state index contributed by atoms with van der Waals surface area (Å²) in [5.41, 5.74) is -0.740. The van der Waals surface area contributed by atoms with Crippen LogP contribution in [0.15, 0.2) is 42.6 Å². The van der Waals surface area contributed by atoms with Crippen LogP contribution in [-0.2, 0) is 10.3 Å². The second-order valence-electron chi connectivity index (χ2n) is 5.86. The Morgan fingerprint density at radius 3 is 2.50 bits per heavy atom. The standard InChI is InChI=1S/C17H15F2N3O4/c1-17(10-4-6-11(7-5-10)26-15(18)19)14(24)22(16(25)21-17)9-13(23)12-3-2-8-20-12/h2-8,15,20H,9H2,1H3,(H,21,25)/t17-/m0/s1. The van der Waals surface area contributed by atoms with Gasteiger partial charge < -0.3 is 15.0 Å². The first-order chi connectivity index (χ1) is 12.3. The lowest BCUT2D eigenvalue weighted by Gasteiger charge is -2.22. The van der Waals surface area contributed by atoms with Gasteiger partial charge in [0.15, 0.2) is 5.78 Å². The molecule has 1 aromatic heterocycles. The van der Waals surface area contributed by atoms with Crippen molar-refractivity contribution in [2.24, 2.45) is 0 Å². The summed E-state index contributed by atoms with van der Waals surface area (Å²) in [6, 6.07) is 7.84. The van der Waals surface area contributed by atoms with Gasteiger partial charge in [0.1, 0.15) is 11.3 Å². The molecule has 0 radical (unpaired) electrons. The fourth-order valence-electron chi connectivity index (χ4n) is 2.74. The van der Waals surface area contributed by atoms with E-state index in [1.807, 2.05) is 0 Å². The Morgan fingerprint density at radius 2 is 1.92 bits per heavy atom. The second-order valence-corrected chi connectivity index (χ2v) is 5.86. The van der Waals surface area contributed by atoms with Crippen LogP contribution in [-0.4, -0.2) is 40.8 Å². The van der Waals surface area contributed by atoms with Crippen LogP contribution in [0.5, 0.6) is 5.75 Å². The summed E-state index contributed by atoms with van der Waals surface area (Å²) in [6.07, 6.45) is 1.56. The molecule has 1 fully saturated rings. The van der Waals surface area contributed by atoms with Gasteiger partial charge in [0, 0.05) is 6.20 Å². The number of amides is 3. The number of Topliss-reactive ketones (excluding diaryl/α,β-unsaturated/α-hetero) is 1. The van der Waals surface area contributed by atoms with E-state index < -0.39 is 36.4 Å². The largest absolute Gasteiger partial charge is 0.435 e. The average Bonchev–Trinajstić information content (AvgIpc) is 3.19. The number of aromatic nitrogens is 1. The van der Waals surface area contributed by atoms with Crippen LogP contribution in [0.1, 0.15) is 23.0 Å². The molecule has 9 heteroatoms. The van der Waals surface area contributed by atoms with Gasteiger partial charge in [-0.15, -0.1) is 0 Å². The molecule has 1 saturated heterocycles. The van der Waals surface area contributed by atoms with E-state index in [0.29, 0.717) is 5.56 Å². The van der Waals surface area contributed by atoms with Crippen LogP contribution in [0.25, 0.3) is 0 Å². The van der Waals surface area contributed by atoms with Gasteiger partial charge in [-0.2, -0.15) is 8.78 Å². The number of ether oxygens (including phenoxy) is 1. The Hall–Kier alpha value is -3.23. The number of benzene rings is 1. The molecular formula is C17H15F2N3O4. The molecule has 0 spiro atoms. The molecule has 1 aliphatic heterocycles. The molecule has 7 nitrogen and oxygen atoms in total. The number of imide groups is 1. The van der Waals surface area contributed by atoms with Gasteiger partial charge >= 0.3 is 12.6 Å². The number of halogens is 2. The van der Waals surface area contributed by atoms with Crippen molar-refractivity contribution in [1.82, 2.24) is 15.2 Å². The summed E-state index contributed by atoms with van der Waals surface area (Å²) in [4.78, 5) is 40.6. The first kappa shape index (κ1) is 17.6. The zero-order chi connectivity index (χ0) is 18.9. The predicted octanol–water partition coefficient (Wildman–Crippen LogP) is 2.27. The number of ketones is 1. The summed E-state index contributed by atoms with van der Waals surface area (Å²) >= 11 is 0. The van der Waals surface area contributed by atoms with E-state index in [9.17, 15) is 23.2 Å². The number of hydrogen-bond acceptors (Lipinski definition) is 4. The lowest BCUT2D eigenvalue weighted by Crippen LogP contribution is -2.41. The van der Waals surface area contributed by atoms with E-state index in [1.54, 1.807) is 18.3 Å². The van der Waals surface area contributed by atoms with Gasteiger partial charge in [0.25, 0.3) is 5.91 Å². The molecule has 1 aliphatic rings. The Morgan fingerprint density at radius 1 is 1.23 bits per heavy atom. The zero-order valence-corrected chi connectivity index (χ0v) is 13.7. The van der Waals surface area contributed by atoms with Gasteiger partial charge in [-0.05, 0) is 36.8 Å². The molecule has 0 bridgehead atoms. The van der Waals surface area contributed by atoms with Crippen molar-refractivity contribution in [2.45, 2.75) is 19.1 Å². The first-order valence-electron chi connectivity index (χ1n) is 7.67. The van der Waals surface area contributed by atoms with Crippen LogP contribution in [0, 0.1) is 0 Å². The highest BCUT2D eigenvalue weighted by Crippen LogP contribution is 2.30. The number of carbonyl (C=O) groups is 3. The number of nitrogens with zero attached hydrogens (tertiary/aromatic N) is 1. The minimum absolute atomic E-state index is 0.0668. The van der Waals surface area contributed by atoms with Crippen LogP contribution in [0.3, 0.4) is 0 Å². The molecule has 3 rings (SSSR count). The summed E-state index contributed by atoms with van der Waals surface area (Å²) in [6.45, 7) is -1.89. The highest BCUT2D eigenvalue weighted by Gasteiger charge is 2.49. The second kappa shape index (κ2) is 6.58. The summed E-state index contributed by atoms with van der Waals surface area (Å²) in [7, 11) is 0. The van der Waals surface area contributed by atoms with Gasteiger partial charge in [-0.3, -0.25) is 14.5 Å². The smallest absolute Gasteiger partial charge is 0.387 e. The van der Waals surface area contributed by atoms with E-state index in [0.717, 1.165) is 4.90 Å². The highest BCUT2D eigenvalue weighted by molar-refractivity contribution is 6.10. The van der Waals surface area contributed by atoms with Crippen molar-refractivity contribution in [3.8, 4) is 5.75 Å². The average molecular weight is 363 g/mol. The minimum Gasteiger partial charge on any atom is -0.435 e. The Bertz CT molecular complexity index is 836. The lowest BCUT2D eigenvalue weighted by atomic mass is 9.92. The molecule has 26 heavy (non-hydrogen) atoms. The van der Waals surface area contributed by atoms with Crippen molar-refractivity contribution < 1.29 is 27.9 Å². The quantitative estimate of drug-likeness (QED) is 0.608. The number of nitrogens with one attached hydrogen (secondary N) is 2. The van der Waals surface area contributed by atoms with Crippen LogP contribution in [0.2, 0.25) is 0 Å². The maximum Gasteiger partial charge on any atom is 0.387 e. The van der Waals surface area contributed by atoms with Crippen molar-refractivity contribution >= 4 is 17.7 Å². The Kier molecular flexibility index (Phi) is 4.45. The molecule has 0 aliphatic carbocycles. The number of rotatable bonds is 6. The minimum atomic E-state index is -2.96. The maximum absolute atomic E-state index is 12.7. The fraction of sp³-hybridized carbons (Fsp3) is 0.235. The molecule has 136 valence electrons. The van der Waals surface area contributed by atoms with E-state index >= 15 is 0 Å². The molecule has 0 saturated carbocycles. The third kappa shape index (κ3) is 3.15. The molecule has 3 amide bonds. The fourth-order valence-corrected chi connectivity index (χ4v) is 2.74. The molecule has 1 aromatic carbocycles. The zero-order valence-electron chi connectivity index (χ0n) is 13.7. The van der Waals surface area contributed by atoms with E-state index in [2.05, 4.69) is 15.0 Å². The molecule has 2 N–H and O–H groups in total. The number of carbonyl (C=O) groups excluding carboxylic acids is 3. The predicted molar refractivity (Wildman–Crippen MR) is 85.8 cm³/mol. The van der Waals surface area contributed by atoms with Crippen molar-refractivity contribution in [3.05, 3.63) is 53.9 Å². The number of urea groups is 1. The monoisotopic (exact) mass is 363 g/mol. The lowest BCUT2D eigenvalue weighted by molar-refractivity contribution is -0.130. The van der Waals surface area contributed by atoms with Crippen molar-refractivity contribution in [3.63, 3.8) is 0 Å². The number of H-pyrrole nitrogens is 1. The number of alkyl halides is 2. The Balaban J connectivity index is 1.79. The normalized spacial score (nSPS) is 19.8. The Labute approximate surface area is 146 Å². The molecular weight excluding hydrogens is 348 g/mol. The van der Waals surface area contributed by atoms with Crippen molar-refractivity contribution in [1.29, 1.82) is 0 Å². The van der Waals surface area contributed by atoms with Crippen molar-refractivity contribution in [2.75, 3.05) is 6.54 Å². The van der Waals surface area contributed by atoms with Gasteiger partial charge in [-0.1, -0.05) is 12.1 Å². The summed E-state index contributed by atoms with van der Waals surface area (Å²) in [5, 5.41) is 2.54. The molecule has 0 unspecified atom stereocenters. The van der Waals surface area contributed by atoms with E-state index in [4.69, 9.17) is 0 Å². The van der Waals surface area contributed by atoms with E-state index in [-0.39, 0.29) is 11.4 Å². The van der Waals surface area contributed by atoms with Crippen LogP contribution in [0.4, 0.5) is 13.6 Å². The number of hydrogen-bond donors (Lipinski definition) is 2. The molecule has 2 heterocycles. The van der Waals surface area contributed by atoms with Gasteiger partial charge in [0.05, 0.1) is 12.2 Å². The van der Waals surface area contributed by atoms with Crippen LogP contribution >= 0.6 is 0 Å². The van der Waals surface area contributed by atoms with Gasteiger partial charge in [0.2, 0.25) is 0 Å². The molecule has 2 aromatic rings. The first-order valence-corrected chi connectivity index (χ1v) is 7.67. The highest BCUT2D eigenvalue weighted by atomic mass is 19.3. The van der Waals surface area contributed by atoms with E-state index in [1.165, 1.54) is 31.2 Å². The van der Waals surface area contributed by atoms with Gasteiger partial charge in [-0.25, -0.2) is 4.79 Å². The topological polar surface area (TPSA) is 91.5 Å². The maximum atomic E-state index is 12.7. The van der Waals surface area contributed by atoms with Crippen LogP contribution < -0.4 is 10.1 Å². The molecule has 1 atom stereocenters. The summed E-state index contributed by atoms with van der Waals surface area (Å²) in [5.74, 6) is -1.09. The third-order valence-corrected chi connectivity index (χ3v) is 4.13.